The normalized spacial score (nSPS) is 22.1. The Labute approximate surface area is 82.0 Å². The highest BCUT2D eigenvalue weighted by atomic mass is 16.5. The topological polar surface area (TPSA) is 63.7 Å². The summed E-state index contributed by atoms with van der Waals surface area (Å²) < 4.78 is 4.62. The van der Waals surface area contributed by atoms with E-state index in [1.54, 1.807) is 6.92 Å². The van der Waals surface area contributed by atoms with Gasteiger partial charge in [0.1, 0.15) is 11.8 Å². The van der Waals surface area contributed by atoms with Gasteiger partial charge < -0.3 is 9.64 Å². The van der Waals surface area contributed by atoms with E-state index in [1.807, 2.05) is 0 Å². The largest absolute Gasteiger partial charge is 0.454 e. The molecule has 1 saturated heterocycles. The summed E-state index contributed by atoms with van der Waals surface area (Å²) in [5.41, 5.74) is 0. The van der Waals surface area contributed by atoms with Crippen molar-refractivity contribution < 1.29 is 19.1 Å². The first-order valence-electron chi connectivity index (χ1n) is 4.48. The number of hydrogen-bond donors (Lipinski definition) is 0. The van der Waals surface area contributed by atoms with Gasteiger partial charge in [-0.2, -0.15) is 0 Å². The van der Waals surface area contributed by atoms with Crippen LogP contribution in [-0.4, -0.2) is 41.8 Å². The molecule has 0 spiro atoms. The Balaban J connectivity index is 2.58. The van der Waals surface area contributed by atoms with E-state index in [0.717, 1.165) is 0 Å². The molecule has 5 nitrogen and oxygen atoms in total. The van der Waals surface area contributed by atoms with Gasteiger partial charge in [-0.15, -0.1) is 0 Å². The first-order valence-corrected chi connectivity index (χ1v) is 4.48. The van der Waals surface area contributed by atoms with Crippen LogP contribution in [0, 0.1) is 0 Å². The molecule has 0 saturated carbocycles. The molecule has 0 aliphatic carbocycles. The molecule has 78 valence electrons. The van der Waals surface area contributed by atoms with Crippen LogP contribution in [0.25, 0.3) is 0 Å². The van der Waals surface area contributed by atoms with Crippen molar-refractivity contribution in [2.45, 2.75) is 26.3 Å². The number of carbonyl (C=O) groups is 3. The van der Waals surface area contributed by atoms with Crippen molar-refractivity contribution >= 4 is 17.7 Å². The molecule has 0 bridgehead atoms. The Hall–Kier alpha value is -1.39. The summed E-state index contributed by atoms with van der Waals surface area (Å²) in [6, 6.07) is -0.574. The SMILES string of the molecule is CC(=O)CCN1C(=O)COC(=O)C1C. The highest BCUT2D eigenvalue weighted by molar-refractivity contribution is 5.90. The van der Waals surface area contributed by atoms with Crippen LogP contribution in [0.3, 0.4) is 0 Å². The maximum absolute atomic E-state index is 11.3. The van der Waals surface area contributed by atoms with Gasteiger partial charge in [0.15, 0.2) is 6.61 Å². The second kappa shape index (κ2) is 4.21. The molecule has 1 rings (SSSR count). The van der Waals surface area contributed by atoms with E-state index in [-0.39, 0.29) is 24.7 Å². The van der Waals surface area contributed by atoms with Gasteiger partial charge in [-0.3, -0.25) is 9.59 Å². The number of hydrogen-bond acceptors (Lipinski definition) is 4. The fourth-order valence-electron chi connectivity index (χ4n) is 1.28. The minimum atomic E-state index is -0.574. The average molecular weight is 199 g/mol. The number of cyclic esters (lactones) is 1. The zero-order valence-corrected chi connectivity index (χ0v) is 8.28. The van der Waals surface area contributed by atoms with Gasteiger partial charge >= 0.3 is 5.97 Å². The molecule has 0 aromatic carbocycles. The summed E-state index contributed by atoms with van der Waals surface area (Å²) in [5, 5.41) is 0. The molecule has 1 aliphatic heterocycles. The molecule has 0 aromatic heterocycles. The maximum atomic E-state index is 11.3. The van der Waals surface area contributed by atoms with Crippen LogP contribution >= 0.6 is 0 Å². The summed E-state index contributed by atoms with van der Waals surface area (Å²) >= 11 is 0. The third-order valence-electron chi connectivity index (χ3n) is 2.17. The molecular weight excluding hydrogens is 186 g/mol. The van der Waals surface area contributed by atoms with Crippen molar-refractivity contribution in [2.75, 3.05) is 13.2 Å². The van der Waals surface area contributed by atoms with Crippen molar-refractivity contribution in [3.05, 3.63) is 0 Å². The highest BCUT2D eigenvalue weighted by Crippen LogP contribution is 2.09. The summed E-state index contributed by atoms with van der Waals surface area (Å²) in [7, 11) is 0. The van der Waals surface area contributed by atoms with Crippen LogP contribution < -0.4 is 0 Å². The van der Waals surface area contributed by atoms with E-state index in [1.165, 1.54) is 11.8 Å². The first kappa shape index (κ1) is 10.7. The van der Waals surface area contributed by atoms with Gasteiger partial charge in [-0.1, -0.05) is 0 Å². The van der Waals surface area contributed by atoms with Crippen LogP contribution in [0.4, 0.5) is 0 Å². The number of Topliss-reactive ketones (excluding diaryl/α,β-unsaturated/α-hetero) is 1. The Bertz CT molecular complexity index is 274. The minimum Gasteiger partial charge on any atom is -0.454 e. The quantitative estimate of drug-likeness (QED) is 0.587. The third-order valence-corrected chi connectivity index (χ3v) is 2.17. The Morgan fingerprint density at radius 2 is 2.21 bits per heavy atom. The molecule has 14 heavy (non-hydrogen) atoms. The van der Waals surface area contributed by atoms with Crippen molar-refractivity contribution in [2.24, 2.45) is 0 Å². The number of carbonyl (C=O) groups excluding carboxylic acids is 3. The zero-order valence-electron chi connectivity index (χ0n) is 8.28. The lowest BCUT2D eigenvalue weighted by Crippen LogP contribution is -2.51. The standard InChI is InChI=1S/C9H13NO4/c1-6(11)3-4-10-7(2)9(13)14-5-8(10)12/h7H,3-5H2,1-2H3. The van der Waals surface area contributed by atoms with Crippen molar-refractivity contribution in [1.29, 1.82) is 0 Å². The lowest BCUT2D eigenvalue weighted by Gasteiger charge is -2.31. The molecule has 1 aliphatic rings. The van der Waals surface area contributed by atoms with Crippen LogP contribution in [0.2, 0.25) is 0 Å². The Kier molecular flexibility index (Phi) is 3.22. The van der Waals surface area contributed by atoms with Gasteiger partial charge in [-0.05, 0) is 13.8 Å². The molecular formula is C9H13NO4. The zero-order chi connectivity index (χ0) is 10.7. The number of rotatable bonds is 3. The minimum absolute atomic E-state index is 0.00365. The predicted molar refractivity (Wildman–Crippen MR) is 47.4 cm³/mol. The molecule has 0 radical (unpaired) electrons. The molecule has 1 atom stereocenters. The van der Waals surface area contributed by atoms with Crippen LogP contribution in [-0.2, 0) is 19.1 Å². The van der Waals surface area contributed by atoms with Gasteiger partial charge in [0.25, 0.3) is 5.91 Å². The van der Waals surface area contributed by atoms with Crippen molar-refractivity contribution in [1.82, 2.24) is 4.90 Å². The monoisotopic (exact) mass is 199 g/mol. The van der Waals surface area contributed by atoms with E-state index in [4.69, 9.17) is 0 Å². The third kappa shape index (κ3) is 2.31. The molecule has 1 fully saturated rings. The van der Waals surface area contributed by atoms with Crippen LogP contribution in [0.15, 0.2) is 0 Å². The number of amides is 1. The van der Waals surface area contributed by atoms with Crippen molar-refractivity contribution in [3.63, 3.8) is 0 Å². The molecule has 5 heteroatoms. The number of ketones is 1. The van der Waals surface area contributed by atoms with E-state index in [0.29, 0.717) is 6.54 Å². The number of morpholine rings is 1. The number of nitrogens with zero attached hydrogens (tertiary/aromatic N) is 1. The van der Waals surface area contributed by atoms with E-state index in [2.05, 4.69) is 4.74 Å². The molecule has 1 unspecified atom stereocenters. The second-order valence-electron chi connectivity index (χ2n) is 3.32. The summed E-state index contributed by atoms with van der Waals surface area (Å²) in [6.07, 6.45) is 0.281. The summed E-state index contributed by atoms with van der Waals surface area (Å²) in [5.74, 6) is -0.643. The lowest BCUT2D eigenvalue weighted by molar-refractivity contribution is -0.168. The summed E-state index contributed by atoms with van der Waals surface area (Å²) in [6.45, 7) is 3.14. The van der Waals surface area contributed by atoms with Gasteiger partial charge in [-0.25, -0.2) is 4.79 Å². The maximum Gasteiger partial charge on any atom is 0.329 e. The average Bonchev–Trinajstić information content (AvgIpc) is 2.11. The number of esters is 1. The van der Waals surface area contributed by atoms with Crippen LogP contribution in [0.5, 0.6) is 0 Å². The fraction of sp³-hybridized carbons (Fsp3) is 0.667. The lowest BCUT2D eigenvalue weighted by atomic mass is 10.2. The van der Waals surface area contributed by atoms with Gasteiger partial charge in [0.2, 0.25) is 0 Å². The highest BCUT2D eigenvalue weighted by Gasteiger charge is 2.32. The molecule has 1 heterocycles. The number of ether oxygens (including phenoxy) is 1. The smallest absolute Gasteiger partial charge is 0.329 e. The van der Waals surface area contributed by atoms with E-state index >= 15 is 0 Å². The van der Waals surface area contributed by atoms with E-state index < -0.39 is 12.0 Å². The second-order valence-corrected chi connectivity index (χ2v) is 3.32. The van der Waals surface area contributed by atoms with E-state index in [9.17, 15) is 14.4 Å². The Morgan fingerprint density at radius 1 is 1.57 bits per heavy atom. The molecule has 1 amide bonds. The first-order chi connectivity index (χ1) is 6.52. The van der Waals surface area contributed by atoms with Crippen LogP contribution in [0.1, 0.15) is 20.3 Å². The summed E-state index contributed by atoms with van der Waals surface area (Å²) in [4.78, 5) is 34.5. The Morgan fingerprint density at radius 3 is 2.79 bits per heavy atom. The van der Waals surface area contributed by atoms with Gasteiger partial charge in [0, 0.05) is 13.0 Å². The molecule has 0 N–H and O–H groups in total. The van der Waals surface area contributed by atoms with Gasteiger partial charge in [0.05, 0.1) is 0 Å². The predicted octanol–water partition coefficient (Wildman–Crippen LogP) is -0.261. The van der Waals surface area contributed by atoms with Crippen molar-refractivity contribution in [3.8, 4) is 0 Å². The fourth-order valence-corrected chi connectivity index (χ4v) is 1.28. The molecule has 0 aromatic rings.